The first-order valence-electron chi connectivity index (χ1n) is 10.4. The van der Waals surface area contributed by atoms with Gasteiger partial charge in [0.05, 0.1) is 23.0 Å². The van der Waals surface area contributed by atoms with Gasteiger partial charge in [0, 0.05) is 37.9 Å². The minimum absolute atomic E-state index is 0.0798. The molecule has 1 aliphatic heterocycles. The first-order chi connectivity index (χ1) is 13.8. The van der Waals surface area contributed by atoms with Gasteiger partial charge in [-0.15, -0.1) is 5.10 Å². The summed E-state index contributed by atoms with van der Waals surface area (Å²) in [4.78, 5) is 15.1. The SMILES string of the molecule is O=C(c1cnn2ccccc12)N1CCC[C@H](Cn2cc(C3CCCC3)nn2)C1. The maximum Gasteiger partial charge on any atom is 0.257 e. The van der Waals surface area contributed by atoms with E-state index >= 15 is 0 Å². The van der Waals surface area contributed by atoms with E-state index in [1.54, 1.807) is 10.7 Å². The van der Waals surface area contributed by atoms with E-state index in [9.17, 15) is 4.79 Å². The predicted octanol–water partition coefficient (Wildman–Crippen LogP) is 3.14. The van der Waals surface area contributed by atoms with Crippen LogP contribution in [0.3, 0.4) is 0 Å². The van der Waals surface area contributed by atoms with Crippen LogP contribution in [-0.2, 0) is 6.54 Å². The molecule has 0 radical (unpaired) electrons. The highest BCUT2D eigenvalue weighted by Gasteiger charge is 2.27. The van der Waals surface area contributed by atoms with Gasteiger partial charge >= 0.3 is 0 Å². The number of nitrogens with zero attached hydrogens (tertiary/aromatic N) is 6. The van der Waals surface area contributed by atoms with Crippen molar-refractivity contribution in [3.05, 3.63) is 48.0 Å². The fourth-order valence-electron chi connectivity index (χ4n) is 4.74. The molecule has 7 heteroatoms. The van der Waals surface area contributed by atoms with Crippen LogP contribution in [0.1, 0.15) is 60.5 Å². The number of aromatic nitrogens is 5. The van der Waals surface area contributed by atoms with Gasteiger partial charge in [-0.2, -0.15) is 5.10 Å². The second-order valence-corrected chi connectivity index (χ2v) is 8.19. The Morgan fingerprint density at radius 2 is 2.04 bits per heavy atom. The monoisotopic (exact) mass is 378 g/mol. The van der Waals surface area contributed by atoms with Crippen molar-refractivity contribution in [2.24, 2.45) is 5.92 Å². The molecular weight excluding hydrogens is 352 g/mol. The standard InChI is InChI=1S/C21H26N6O/c28-21(18-12-22-27-11-4-3-9-20(18)27)25-10-5-6-16(13-25)14-26-15-19(23-24-26)17-7-1-2-8-17/h3-4,9,11-12,15-17H,1-2,5-8,10,13-14H2/t16-/m0/s1. The van der Waals surface area contributed by atoms with Crippen LogP contribution < -0.4 is 0 Å². The van der Waals surface area contributed by atoms with Crippen LogP contribution >= 0.6 is 0 Å². The van der Waals surface area contributed by atoms with Gasteiger partial charge in [-0.3, -0.25) is 9.48 Å². The number of hydrogen-bond donors (Lipinski definition) is 0. The van der Waals surface area contributed by atoms with E-state index in [0.29, 0.717) is 17.4 Å². The first-order valence-corrected chi connectivity index (χ1v) is 10.4. The van der Waals surface area contributed by atoms with Crippen molar-refractivity contribution in [2.75, 3.05) is 13.1 Å². The van der Waals surface area contributed by atoms with E-state index in [4.69, 9.17) is 0 Å². The van der Waals surface area contributed by atoms with Crippen LogP contribution in [0.15, 0.2) is 36.8 Å². The van der Waals surface area contributed by atoms with Crippen LogP contribution in [0.5, 0.6) is 0 Å². The molecule has 0 N–H and O–H groups in total. The largest absolute Gasteiger partial charge is 0.338 e. The molecule has 3 aromatic rings. The van der Waals surface area contributed by atoms with Crippen molar-refractivity contribution in [1.82, 2.24) is 29.5 Å². The van der Waals surface area contributed by atoms with Gasteiger partial charge in [0.15, 0.2) is 0 Å². The van der Waals surface area contributed by atoms with Gasteiger partial charge in [0.2, 0.25) is 0 Å². The summed E-state index contributed by atoms with van der Waals surface area (Å²) in [6, 6.07) is 5.81. The molecule has 7 nitrogen and oxygen atoms in total. The number of piperidine rings is 1. The maximum absolute atomic E-state index is 13.1. The Balaban J connectivity index is 1.26. The lowest BCUT2D eigenvalue weighted by Gasteiger charge is -2.32. The number of carbonyl (C=O) groups is 1. The number of hydrogen-bond acceptors (Lipinski definition) is 4. The zero-order valence-electron chi connectivity index (χ0n) is 16.1. The molecule has 1 atom stereocenters. The van der Waals surface area contributed by atoms with Crippen molar-refractivity contribution >= 4 is 11.4 Å². The zero-order valence-corrected chi connectivity index (χ0v) is 16.1. The van der Waals surface area contributed by atoms with Gasteiger partial charge < -0.3 is 4.90 Å². The third-order valence-electron chi connectivity index (χ3n) is 6.24. The third kappa shape index (κ3) is 3.30. The summed E-state index contributed by atoms with van der Waals surface area (Å²) in [6.45, 7) is 2.41. The summed E-state index contributed by atoms with van der Waals surface area (Å²) in [5.74, 6) is 1.09. The normalized spacial score (nSPS) is 20.9. The third-order valence-corrected chi connectivity index (χ3v) is 6.24. The summed E-state index contributed by atoms with van der Waals surface area (Å²) in [7, 11) is 0. The molecule has 1 saturated heterocycles. The fourth-order valence-corrected chi connectivity index (χ4v) is 4.74. The van der Waals surface area contributed by atoms with Gasteiger partial charge in [0.25, 0.3) is 5.91 Å². The molecule has 1 amide bonds. The summed E-state index contributed by atoms with van der Waals surface area (Å²) >= 11 is 0. The van der Waals surface area contributed by atoms with Gasteiger partial charge in [-0.25, -0.2) is 4.52 Å². The topological polar surface area (TPSA) is 68.3 Å². The van der Waals surface area contributed by atoms with E-state index in [2.05, 4.69) is 21.6 Å². The molecule has 1 aliphatic carbocycles. The molecule has 28 heavy (non-hydrogen) atoms. The van der Waals surface area contributed by atoms with Crippen molar-refractivity contribution < 1.29 is 4.79 Å². The Morgan fingerprint density at radius 1 is 1.14 bits per heavy atom. The van der Waals surface area contributed by atoms with Crippen molar-refractivity contribution in [2.45, 2.75) is 51.0 Å². The first kappa shape index (κ1) is 17.4. The molecule has 0 bridgehead atoms. The molecule has 0 aromatic carbocycles. The molecule has 1 saturated carbocycles. The van der Waals surface area contributed by atoms with Gasteiger partial charge in [-0.05, 0) is 43.7 Å². The average Bonchev–Trinajstić information content (AvgIpc) is 3.48. The van der Waals surface area contributed by atoms with Crippen LogP contribution in [-0.4, -0.2) is 48.5 Å². The van der Waals surface area contributed by atoms with Crippen molar-refractivity contribution in [3.8, 4) is 0 Å². The predicted molar refractivity (Wildman–Crippen MR) is 105 cm³/mol. The molecule has 146 valence electrons. The molecule has 0 unspecified atom stereocenters. The summed E-state index contributed by atoms with van der Waals surface area (Å²) in [5.41, 5.74) is 2.70. The molecule has 2 aliphatic rings. The van der Waals surface area contributed by atoms with Crippen molar-refractivity contribution in [3.63, 3.8) is 0 Å². The van der Waals surface area contributed by atoms with Crippen LogP contribution in [0.25, 0.3) is 5.52 Å². The molecule has 3 aromatic heterocycles. The maximum atomic E-state index is 13.1. The Kier molecular flexibility index (Phi) is 4.58. The summed E-state index contributed by atoms with van der Waals surface area (Å²) in [5, 5.41) is 13.1. The molecule has 0 spiro atoms. The lowest BCUT2D eigenvalue weighted by atomic mass is 9.97. The van der Waals surface area contributed by atoms with E-state index < -0.39 is 0 Å². The van der Waals surface area contributed by atoms with Crippen LogP contribution in [0.4, 0.5) is 0 Å². The number of likely N-dealkylation sites (tertiary alicyclic amines) is 1. The minimum Gasteiger partial charge on any atom is -0.338 e. The Hall–Kier alpha value is -2.70. The number of pyridine rings is 1. The summed E-state index contributed by atoms with van der Waals surface area (Å²) < 4.78 is 3.75. The fraction of sp³-hybridized carbons (Fsp3) is 0.524. The quantitative estimate of drug-likeness (QED) is 0.699. The second-order valence-electron chi connectivity index (χ2n) is 8.19. The Morgan fingerprint density at radius 3 is 2.93 bits per heavy atom. The van der Waals surface area contributed by atoms with Crippen LogP contribution in [0, 0.1) is 5.92 Å². The van der Waals surface area contributed by atoms with E-state index in [1.165, 1.54) is 25.7 Å². The average molecular weight is 378 g/mol. The smallest absolute Gasteiger partial charge is 0.257 e. The molecule has 2 fully saturated rings. The number of fused-ring (bicyclic) bond motifs is 1. The number of rotatable bonds is 4. The summed E-state index contributed by atoms with van der Waals surface area (Å²) in [6.07, 6.45) is 12.9. The van der Waals surface area contributed by atoms with Gasteiger partial charge in [-0.1, -0.05) is 24.1 Å². The number of carbonyl (C=O) groups excluding carboxylic acids is 1. The second kappa shape index (κ2) is 7.37. The zero-order chi connectivity index (χ0) is 18.9. The minimum atomic E-state index is 0.0798. The highest BCUT2D eigenvalue weighted by Crippen LogP contribution is 2.32. The highest BCUT2D eigenvalue weighted by atomic mass is 16.2. The molecular formula is C21H26N6O. The van der Waals surface area contributed by atoms with E-state index in [0.717, 1.165) is 43.7 Å². The lowest BCUT2D eigenvalue weighted by molar-refractivity contribution is 0.0661. The van der Waals surface area contributed by atoms with E-state index in [1.807, 2.05) is 34.0 Å². The number of amides is 1. The molecule has 5 rings (SSSR count). The molecule has 4 heterocycles. The highest BCUT2D eigenvalue weighted by molar-refractivity contribution is 6.00. The van der Waals surface area contributed by atoms with Crippen molar-refractivity contribution in [1.29, 1.82) is 0 Å². The Labute approximate surface area is 164 Å². The van der Waals surface area contributed by atoms with Gasteiger partial charge in [0.1, 0.15) is 0 Å². The van der Waals surface area contributed by atoms with E-state index in [-0.39, 0.29) is 5.91 Å². The Bertz CT molecular complexity index is 970. The van der Waals surface area contributed by atoms with Crippen LogP contribution in [0.2, 0.25) is 0 Å². The lowest BCUT2D eigenvalue weighted by Crippen LogP contribution is -2.41.